The Hall–Kier alpha value is -2.39. The highest BCUT2D eigenvalue weighted by atomic mass is 35.5. The summed E-state index contributed by atoms with van der Waals surface area (Å²) in [5, 5.41) is 4.56. The van der Waals surface area contributed by atoms with Gasteiger partial charge >= 0.3 is 0 Å². The maximum Gasteiger partial charge on any atom is 0.259 e. The van der Waals surface area contributed by atoms with E-state index in [1.165, 1.54) is 29.3 Å². The minimum Gasteiger partial charge on any atom is -0.492 e. The molecule has 9 heteroatoms. The summed E-state index contributed by atoms with van der Waals surface area (Å²) >= 11 is 6.16. The summed E-state index contributed by atoms with van der Waals surface area (Å²) in [7, 11) is -1.90. The summed E-state index contributed by atoms with van der Waals surface area (Å²) in [5.41, 5.74) is 3.99. The van der Waals surface area contributed by atoms with Crippen LogP contribution in [0.4, 0.5) is 0 Å². The normalized spacial score (nSPS) is 19.1. The lowest BCUT2D eigenvalue weighted by atomic mass is 9.58. The van der Waals surface area contributed by atoms with Gasteiger partial charge in [0.1, 0.15) is 18.2 Å². The Balaban J connectivity index is 1.29. The number of nitrogens with one attached hydrogen (secondary N) is 2. The first-order valence-electron chi connectivity index (χ1n) is 12.0. The minimum absolute atomic E-state index is 0.0215. The van der Waals surface area contributed by atoms with Crippen molar-refractivity contribution in [2.24, 2.45) is 7.05 Å². The Labute approximate surface area is 211 Å². The van der Waals surface area contributed by atoms with Gasteiger partial charge in [-0.05, 0) is 73.7 Å². The van der Waals surface area contributed by atoms with Crippen molar-refractivity contribution in [3.8, 4) is 5.75 Å². The molecule has 3 aromatic rings. The molecule has 35 heavy (non-hydrogen) atoms. The van der Waals surface area contributed by atoms with E-state index >= 15 is 0 Å². The van der Waals surface area contributed by atoms with Gasteiger partial charge in [-0.3, -0.25) is 0 Å². The topological polar surface area (TPSA) is 85.2 Å². The molecule has 0 saturated heterocycles. The third-order valence-corrected chi connectivity index (χ3v) is 9.00. The second kappa shape index (κ2) is 9.58. The number of nitrogens with zero attached hydrogens (tertiary/aromatic N) is 2. The van der Waals surface area contributed by atoms with Crippen LogP contribution in [0.1, 0.15) is 47.8 Å². The second-order valence-electron chi connectivity index (χ2n) is 9.50. The molecule has 7 nitrogen and oxygen atoms in total. The number of aryl methyl sites for hydroxylation is 2. The molecule has 1 unspecified atom stereocenters. The molecule has 186 valence electrons. The third-order valence-electron chi connectivity index (χ3n) is 7.41. The lowest BCUT2D eigenvalue weighted by Crippen LogP contribution is -2.49. The van der Waals surface area contributed by atoms with Crippen molar-refractivity contribution in [2.45, 2.75) is 49.1 Å². The number of sulfonamides is 1. The zero-order valence-electron chi connectivity index (χ0n) is 20.1. The lowest BCUT2D eigenvalue weighted by Gasteiger charge is -2.50. The summed E-state index contributed by atoms with van der Waals surface area (Å²) in [4.78, 5) is 4.10. The average Bonchev–Trinajstić information content (AvgIpc) is 3.16. The predicted octanol–water partition coefficient (Wildman–Crippen LogP) is 4.05. The Morgan fingerprint density at radius 3 is 2.66 bits per heavy atom. The zero-order valence-corrected chi connectivity index (χ0v) is 21.6. The fourth-order valence-electron chi connectivity index (χ4n) is 5.27. The Morgan fingerprint density at radius 2 is 2.00 bits per heavy atom. The molecule has 1 aliphatic heterocycles. The Morgan fingerprint density at radius 1 is 1.23 bits per heavy atom. The maximum absolute atomic E-state index is 12.5. The highest BCUT2D eigenvalue weighted by Gasteiger charge is 2.47. The maximum atomic E-state index is 12.5. The van der Waals surface area contributed by atoms with Crippen molar-refractivity contribution in [3.63, 3.8) is 0 Å². The molecule has 0 bridgehead atoms. The Kier molecular flexibility index (Phi) is 6.65. The number of imidazole rings is 1. The first-order chi connectivity index (χ1) is 16.8. The van der Waals surface area contributed by atoms with Crippen molar-refractivity contribution < 1.29 is 13.2 Å². The van der Waals surface area contributed by atoms with E-state index in [1.807, 2.05) is 18.2 Å². The SMILES string of the molecule is Cc1nc(S(=O)(=O)NCCOc2ccc3c(c2)C(C2(c4ccc(Cl)cc4)CCC2)NCC3)cn1C. The van der Waals surface area contributed by atoms with Gasteiger partial charge in [0, 0.05) is 36.3 Å². The van der Waals surface area contributed by atoms with Gasteiger partial charge in [0.2, 0.25) is 0 Å². The van der Waals surface area contributed by atoms with E-state index < -0.39 is 10.0 Å². The van der Waals surface area contributed by atoms with Gasteiger partial charge in [-0.2, -0.15) is 0 Å². The van der Waals surface area contributed by atoms with Gasteiger partial charge in [-0.15, -0.1) is 0 Å². The predicted molar refractivity (Wildman–Crippen MR) is 136 cm³/mol. The number of halogens is 1. The molecule has 0 radical (unpaired) electrons. The van der Waals surface area contributed by atoms with Crippen LogP contribution < -0.4 is 14.8 Å². The van der Waals surface area contributed by atoms with Crippen LogP contribution in [0, 0.1) is 6.92 Å². The van der Waals surface area contributed by atoms with E-state index in [0.717, 1.165) is 36.6 Å². The summed E-state index contributed by atoms with van der Waals surface area (Å²) < 4.78 is 35.2. The molecule has 0 spiro atoms. The van der Waals surface area contributed by atoms with Crippen LogP contribution in [-0.2, 0) is 28.9 Å². The molecular formula is C26H31ClN4O3S. The fourth-order valence-corrected chi connectivity index (χ4v) is 6.45. The third kappa shape index (κ3) is 4.72. The number of fused-ring (bicyclic) bond motifs is 1. The van der Waals surface area contributed by atoms with Gasteiger partial charge in [0.05, 0.1) is 0 Å². The van der Waals surface area contributed by atoms with Gasteiger partial charge in [-0.25, -0.2) is 18.1 Å². The highest BCUT2D eigenvalue weighted by molar-refractivity contribution is 7.89. The molecule has 2 heterocycles. The van der Waals surface area contributed by atoms with E-state index in [1.54, 1.807) is 18.5 Å². The largest absolute Gasteiger partial charge is 0.492 e. The molecule has 0 amide bonds. The fraction of sp³-hybridized carbons (Fsp3) is 0.423. The Bertz CT molecular complexity index is 1300. The van der Waals surface area contributed by atoms with Gasteiger partial charge in [0.15, 0.2) is 5.03 Å². The van der Waals surface area contributed by atoms with Crippen LogP contribution in [0.15, 0.2) is 53.7 Å². The molecule has 2 N–H and O–H groups in total. The van der Waals surface area contributed by atoms with E-state index in [9.17, 15) is 8.42 Å². The molecule has 1 aliphatic carbocycles. The molecule has 1 aromatic heterocycles. The summed E-state index contributed by atoms with van der Waals surface area (Å²) in [6, 6.07) is 14.7. The summed E-state index contributed by atoms with van der Waals surface area (Å²) in [6.07, 6.45) is 5.96. The van der Waals surface area contributed by atoms with Crippen LogP contribution in [-0.4, -0.2) is 37.7 Å². The highest BCUT2D eigenvalue weighted by Crippen LogP contribution is 2.53. The summed E-state index contributed by atoms with van der Waals surface area (Å²) in [5.74, 6) is 1.39. The standard InChI is InChI=1S/C26H31ClN4O3S/c1-18-30-24(17-31(18)2)35(32,33)29-14-15-34-22-9-4-19-10-13-28-25(23(19)16-22)26(11-3-12-26)20-5-7-21(27)8-6-20/h4-9,16-17,25,28-29H,3,10-15H2,1-2H3. The van der Waals surface area contributed by atoms with Crippen molar-refractivity contribution >= 4 is 21.6 Å². The minimum atomic E-state index is -3.67. The number of benzene rings is 2. The van der Waals surface area contributed by atoms with E-state index in [2.05, 4.69) is 39.3 Å². The molecule has 2 aromatic carbocycles. The van der Waals surface area contributed by atoms with Crippen molar-refractivity contribution in [2.75, 3.05) is 19.7 Å². The zero-order chi connectivity index (χ0) is 24.6. The molecule has 2 aliphatic rings. The van der Waals surface area contributed by atoms with Crippen molar-refractivity contribution in [3.05, 3.63) is 76.2 Å². The van der Waals surface area contributed by atoms with E-state index in [4.69, 9.17) is 16.3 Å². The van der Waals surface area contributed by atoms with Crippen molar-refractivity contribution in [1.29, 1.82) is 0 Å². The number of ether oxygens (including phenoxy) is 1. The number of hydrogen-bond acceptors (Lipinski definition) is 5. The van der Waals surface area contributed by atoms with Crippen LogP contribution in [0.3, 0.4) is 0 Å². The van der Waals surface area contributed by atoms with Crippen molar-refractivity contribution in [1.82, 2.24) is 19.6 Å². The summed E-state index contributed by atoms with van der Waals surface area (Å²) in [6.45, 7) is 3.10. The van der Waals surface area contributed by atoms with Crippen LogP contribution in [0.2, 0.25) is 5.02 Å². The average molecular weight is 515 g/mol. The van der Waals surface area contributed by atoms with Gasteiger partial charge in [0.25, 0.3) is 10.0 Å². The quantitative estimate of drug-likeness (QED) is 0.443. The lowest BCUT2D eigenvalue weighted by molar-refractivity contribution is 0.164. The molecule has 1 atom stereocenters. The van der Waals surface area contributed by atoms with E-state index in [0.29, 0.717) is 5.82 Å². The smallest absolute Gasteiger partial charge is 0.259 e. The van der Waals surface area contributed by atoms with Gasteiger partial charge < -0.3 is 14.6 Å². The monoisotopic (exact) mass is 514 g/mol. The first-order valence-corrected chi connectivity index (χ1v) is 13.9. The number of aromatic nitrogens is 2. The first kappa shape index (κ1) is 24.3. The van der Waals surface area contributed by atoms with Crippen LogP contribution >= 0.6 is 11.6 Å². The molecule has 5 rings (SSSR count). The van der Waals surface area contributed by atoms with Crippen LogP contribution in [0.25, 0.3) is 0 Å². The molecule has 1 saturated carbocycles. The molecule has 1 fully saturated rings. The number of hydrogen-bond donors (Lipinski definition) is 2. The van der Waals surface area contributed by atoms with Gasteiger partial charge in [-0.1, -0.05) is 36.2 Å². The molecular weight excluding hydrogens is 484 g/mol. The second-order valence-corrected chi connectivity index (χ2v) is 11.6. The van der Waals surface area contributed by atoms with E-state index in [-0.39, 0.29) is 29.6 Å². The number of rotatable bonds is 8. The van der Waals surface area contributed by atoms with Crippen LogP contribution in [0.5, 0.6) is 5.75 Å².